The van der Waals surface area contributed by atoms with Crippen LogP contribution < -0.4 is 0 Å². The number of hydrogen-bond acceptors (Lipinski definition) is 4. The van der Waals surface area contributed by atoms with Crippen molar-refractivity contribution in [1.82, 2.24) is 14.7 Å². The summed E-state index contributed by atoms with van der Waals surface area (Å²) in [6.07, 6.45) is 3.92. The fraction of sp³-hybridized carbons (Fsp3) is 1.00. The van der Waals surface area contributed by atoms with Crippen LogP contribution in [0.25, 0.3) is 0 Å². The van der Waals surface area contributed by atoms with Crippen molar-refractivity contribution in [1.29, 1.82) is 0 Å². The first-order valence-corrected chi connectivity index (χ1v) is 15.7. The minimum Gasteiger partial charge on any atom is -0.418 e. The van der Waals surface area contributed by atoms with Gasteiger partial charge in [-0.2, -0.15) is 0 Å². The minimum absolute atomic E-state index is 0.388. The van der Waals surface area contributed by atoms with Crippen LogP contribution in [0, 0.1) is 5.41 Å². The molecule has 0 aromatic rings. The van der Waals surface area contributed by atoms with Gasteiger partial charge < -0.3 is 19.1 Å². The Morgan fingerprint density at radius 1 is 0.586 bits per heavy atom. The molecule has 0 aliphatic carbocycles. The highest BCUT2D eigenvalue weighted by molar-refractivity contribution is 6.71. The van der Waals surface area contributed by atoms with Gasteiger partial charge in [0.1, 0.15) is 0 Å². The lowest BCUT2D eigenvalue weighted by atomic mass is 9.79. The van der Waals surface area contributed by atoms with Crippen LogP contribution in [0.4, 0.5) is 0 Å². The molecule has 0 saturated carbocycles. The number of hydrogen-bond donors (Lipinski definition) is 0. The maximum absolute atomic E-state index is 6.36. The van der Waals surface area contributed by atoms with Gasteiger partial charge in [-0.25, -0.2) is 0 Å². The molecule has 0 aromatic carbocycles. The van der Waals surface area contributed by atoms with E-state index in [9.17, 15) is 0 Å². The molecule has 0 atom stereocenters. The van der Waals surface area contributed by atoms with Crippen molar-refractivity contribution in [3.05, 3.63) is 0 Å². The van der Waals surface area contributed by atoms with Crippen molar-refractivity contribution in [2.75, 3.05) is 65.5 Å². The van der Waals surface area contributed by atoms with Gasteiger partial charge in [0.15, 0.2) is 8.32 Å². The molecular formula is C24H55N3OSi. The van der Waals surface area contributed by atoms with E-state index in [0.717, 1.165) is 45.9 Å². The SMILES string of the molecule is CCO[Si](C)(C)CC(CCN(CC)CC)(CCN(CC)CC)CCN(CC)CC. The molecule has 0 unspecified atom stereocenters. The molecule has 0 fully saturated rings. The molecule has 176 valence electrons. The average molecular weight is 430 g/mol. The third kappa shape index (κ3) is 11.9. The summed E-state index contributed by atoms with van der Waals surface area (Å²) in [6, 6.07) is 1.29. The van der Waals surface area contributed by atoms with Crippen LogP contribution in [-0.2, 0) is 4.43 Å². The largest absolute Gasteiger partial charge is 0.418 e. The van der Waals surface area contributed by atoms with Crippen molar-refractivity contribution < 1.29 is 4.43 Å². The van der Waals surface area contributed by atoms with Crippen LogP contribution in [0.3, 0.4) is 0 Å². The zero-order valence-corrected chi connectivity index (χ0v) is 22.6. The van der Waals surface area contributed by atoms with Gasteiger partial charge >= 0.3 is 0 Å². The summed E-state index contributed by atoms with van der Waals surface area (Å²) >= 11 is 0. The second-order valence-electron chi connectivity index (χ2n) is 9.20. The molecule has 4 nitrogen and oxygen atoms in total. The Balaban J connectivity index is 5.65. The van der Waals surface area contributed by atoms with Gasteiger partial charge in [-0.05, 0) is 110 Å². The molecule has 29 heavy (non-hydrogen) atoms. The molecule has 0 amide bonds. The average Bonchev–Trinajstić information content (AvgIpc) is 2.69. The van der Waals surface area contributed by atoms with E-state index in [1.165, 1.54) is 44.9 Å². The summed E-state index contributed by atoms with van der Waals surface area (Å²) < 4.78 is 6.36. The standard InChI is InChI=1S/C24H55N3OSi/c1-10-25(11-2)20-17-24(18-21-26(12-3)13-4,19-22-27(14-5)15-6)23-29(8,9)28-16-7/h10-23H2,1-9H3. The van der Waals surface area contributed by atoms with Crippen LogP contribution in [0.1, 0.15) is 67.7 Å². The van der Waals surface area contributed by atoms with Gasteiger partial charge in [-0.1, -0.05) is 41.5 Å². The molecule has 0 bridgehead atoms. The Kier molecular flexibility index (Phi) is 15.8. The Morgan fingerprint density at radius 3 is 1.14 bits per heavy atom. The summed E-state index contributed by atoms with van der Waals surface area (Å²) in [6.45, 7) is 32.3. The highest BCUT2D eigenvalue weighted by Crippen LogP contribution is 2.41. The van der Waals surface area contributed by atoms with E-state index in [-0.39, 0.29) is 0 Å². The lowest BCUT2D eigenvalue weighted by molar-refractivity contribution is 0.138. The van der Waals surface area contributed by atoms with Crippen molar-refractivity contribution >= 4 is 8.32 Å². The van der Waals surface area contributed by atoms with Gasteiger partial charge in [0, 0.05) is 6.61 Å². The van der Waals surface area contributed by atoms with Crippen molar-refractivity contribution in [3.63, 3.8) is 0 Å². The summed E-state index contributed by atoms with van der Waals surface area (Å²) in [5.74, 6) is 0. The van der Waals surface area contributed by atoms with Gasteiger partial charge in [-0.15, -0.1) is 0 Å². The van der Waals surface area contributed by atoms with Crippen molar-refractivity contribution in [2.24, 2.45) is 5.41 Å². The third-order valence-electron chi connectivity index (χ3n) is 6.89. The Bertz CT molecular complexity index is 340. The summed E-state index contributed by atoms with van der Waals surface area (Å²) in [4.78, 5) is 7.83. The molecule has 0 aliphatic rings. The second kappa shape index (κ2) is 15.8. The molecule has 0 spiro atoms. The first-order valence-electron chi connectivity index (χ1n) is 12.6. The van der Waals surface area contributed by atoms with E-state index in [1.54, 1.807) is 0 Å². The maximum Gasteiger partial charge on any atom is 0.187 e. The van der Waals surface area contributed by atoms with Gasteiger partial charge in [0.25, 0.3) is 0 Å². The van der Waals surface area contributed by atoms with Gasteiger partial charge in [0.05, 0.1) is 0 Å². The zero-order valence-electron chi connectivity index (χ0n) is 21.6. The molecule has 0 aliphatic heterocycles. The summed E-state index contributed by atoms with van der Waals surface area (Å²) in [7, 11) is -1.67. The predicted molar refractivity (Wildman–Crippen MR) is 134 cm³/mol. The van der Waals surface area contributed by atoms with Crippen molar-refractivity contribution in [2.45, 2.75) is 86.9 Å². The first-order chi connectivity index (χ1) is 13.7. The summed E-state index contributed by atoms with van der Waals surface area (Å²) in [5.41, 5.74) is 0.388. The lowest BCUT2D eigenvalue weighted by Crippen LogP contribution is -2.43. The molecule has 0 N–H and O–H groups in total. The number of nitrogens with zero attached hydrogens (tertiary/aromatic N) is 3. The quantitative estimate of drug-likeness (QED) is 0.255. The Morgan fingerprint density at radius 2 is 0.897 bits per heavy atom. The fourth-order valence-corrected chi connectivity index (χ4v) is 8.01. The van der Waals surface area contributed by atoms with E-state index in [4.69, 9.17) is 4.43 Å². The first kappa shape index (κ1) is 29.1. The lowest BCUT2D eigenvalue weighted by Gasteiger charge is -2.42. The van der Waals surface area contributed by atoms with Crippen LogP contribution in [0.5, 0.6) is 0 Å². The van der Waals surface area contributed by atoms with Crippen LogP contribution in [0.15, 0.2) is 0 Å². The molecule has 0 saturated heterocycles. The molecule has 0 radical (unpaired) electrons. The van der Waals surface area contributed by atoms with Crippen LogP contribution in [-0.4, -0.2) is 88.5 Å². The van der Waals surface area contributed by atoms with E-state index < -0.39 is 8.32 Å². The normalized spacial score (nSPS) is 13.2. The van der Waals surface area contributed by atoms with E-state index in [1.807, 2.05) is 0 Å². The molecule has 0 aromatic heterocycles. The monoisotopic (exact) mass is 429 g/mol. The van der Waals surface area contributed by atoms with Crippen LogP contribution in [0.2, 0.25) is 19.1 Å². The van der Waals surface area contributed by atoms with E-state index in [2.05, 4.69) is 76.3 Å². The molecule has 5 heteroatoms. The maximum atomic E-state index is 6.36. The second-order valence-corrected chi connectivity index (χ2v) is 13.4. The van der Waals surface area contributed by atoms with Gasteiger partial charge in [0.2, 0.25) is 0 Å². The predicted octanol–water partition coefficient (Wildman–Crippen LogP) is 5.41. The van der Waals surface area contributed by atoms with Crippen molar-refractivity contribution in [3.8, 4) is 0 Å². The molecule has 0 heterocycles. The Labute approximate surface area is 185 Å². The number of rotatable bonds is 19. The Hall–Kier alpha value is 0.0569. The third-order valence-corrected chi connectivity index (χ3v) is 9.57. The van der Waals surface area contributed by atoms with E-state index >= 15 is 0 Å². The minimum atomic E-state index is -1.67. The highest BCUT2D eigenvalue weighted by atomic mass is 28.4. The molecular weight excluding hydrogens is 374 g/mol. The summed E-state index contributed by atoms with van der Waals surface area (Å²) in [5, 5.41) is 0. The smallest absolute Gasteiger partial charge is 0.187 e. The highest BCUT2D eigenvalue weighted by Gasteiger charge is 2.38. The van der Waals surface area contributed by atoms with Crippen LogP contribution >= 0.6 is 0 Å². The zero-order chi connectivity index (χ0) is 22.3. The van der Waals surface area contributed by atoms with Gasteiger partial charge in [-0.3, -0.25) is 0 Å². The molecule has 0 rings (SSSR count). The topological polar surface area (TPSA) is 19.0 Å². The van der Waals surface area contributed by atoms with E-state index in [0.29, 0.717) is 5.41 Å². The fourth-order valence-electron chi connectivity index (χ4n) is 4.79.